The summed E-state index contributed by atoms with van der Waals surface area (Å²) in [5.41, 5.74) is 10.3. The van der Waals surface area contributed by atoms with Crippen LogP contribution in [0.2, 0.25) is 0 Å². The highest BCUT2D eigenvalue weighted by molar-refractivity contribution is 7.91. The average molecular weight is 601 g/mol. The molecule has 3 atom stereocenters. The quantitative estimate of drug-likeness (QED) is 0.291. The van der Waals surface area contributed by atoms with Gasteiger partial charge in [0.1, 0.15) is 17.0 Å². The van der Waals surface area contributed by atoms with Crippen molar-refractivity contribution in [2.45, 2.75) is 48.6 Å². The van der Waals surface area contributed by atoms with Gasteiger partial charge in [0.2, 0.25) is 11.7 Å². The van der Waals surface area contributed by atoms with Crippen molar-refractivity contribution in [3.05, 3.63) is 60.7 Å². The molecule has 0 radical (unpaired) electrons. The van der Waals surface area contributed by atoms with Gasteiger partial charge in [0, 0.05) is 59.4 Å². The molecule has 0 spiro atoms. The molecule has 2 aliphatic heterocycles. The number of pyridine rings is 2. The van der Waals surface area contributed by atoms with Gasteiger partial charge < -0.3 is 20.4 Å². The highest BCUT2D eigenvalue weighted by Gasteiger charge is 2.46. The van der Waals surface area contributed by atoms with Crippen LogP contribution >= 0.6 is 0 Å². The van der Waals surface area contributed by atoms with Crippen molar-refractivity contribution in [2.24, 2.45) is 0 Å². The minimum atomic E-state index is -3.76. The number of nitrogen functional groups attached to an aromatic ring is 1. The lowest BCUT2D eigenvalue weighted by molar-refractivity contribution is 0.0556. The number of aromatic amines is 1. The Labute approximate surface area is 246 Å². The van der Waals surface area contributed by atoms with E-state index < -0.39 is 9.84 Å². The summed E-state index contributed by atoms with van der Waals surface area (Å²) in [7, 11) is -2.20. The van der Waals surface area contributed by atoms with Gasteiger partial charge in [-0.1, -0.05) is 6.07 Å². The zero-order valence-electron chi connectivity index (χ0n) is 23.4. The summed E-state index contributed by atoms with van der Waals surface area (Å²) in [5.74, 6) is 0.297. The van der Waals surface area contributed by atoms with Crippen molar-refractivity contribution in [1.29, 1.82) is 0 Å². The Morgan fingerprint density at radius 1 is 1.05 bits per heavy atom. The molecule has 5 aromatic rings. The zero-order valence-corrected chi connectivity index (χ0v) is 24.2. The third-order valence-electron chi connectivity index (χ3n) is 8.32. The number of nitrogens with zero attached hydrogens (tertiary/aromatic N) is 8. The fourth-order valence-corrected chi connectivity index (χ4v) is 7.48. The number of ether oxygens (including phenoxy) is 1. The number of fused-ring (bicyclic) bond motifs is 3. The molecule has 2 saturated heterocycles. The van der Waals surface area contributed by atoms with Gasteiger partial charge in [-0.25, -0.2) is 18.4 Å². The van der Waals surface area contributed by atoms with E-state index in [1.54, 1.807) is 31.8 Å². The normalized spacial score (nSPS) is 20.0. The van der Waals surface area contributed by atoms with Crippen molar-refractivity contribution in [3.63, 3.8) is 0 Å². The number of H-pyrrole nitrogens is 1. The molecular formula is C28H28N10O4S. The van der Waals surface area contributed by atoms with Gasteiger partial charge in [0.25, 0.3) is 5.91 Å². The van der Waals surface area contributed by atoms with Crippen molar-refractivity contribution in [3.8, 4) is 28.3 Å². The van der Waals surface area contributed by atoms with Crippen molar-refractivity contribution >= 4 is 27.2 Å². The zero-order chi connectivity index (χ0) is 29.9. The highest BCUT2D eigenvalue weighted by Crippen LogP contribution is 2.45. The van der Waals surface area contributed by atoms with E-state index >= 15 is 0 Å². The maximum absolute atomic E-state index is 13.2. The molecule has 2 bridgehead atoms. The number of carbonyl (C=O) groups excluding carboxylic acids is 1. The molecule has 0 aliphatic carbocycles. The van der Waals surface area contributed by atoms with Gasteiger partial charge in [-0.2, -0.15) is 9.61 Å². The van der Waals surface area contributed by atoms with E-state index in [2.05, 4.69) is 30.2 Å². The molecule has 2 fully saturated rings. The van der Waals surface area contributed by atoms with Gasteiger partial charge in [0.15, 0.2) is 15.5 Å². The van der Waals surface area contributed by atoms with Crippen LogP contribution in [0.3, 0.4) is 0 Å². The van der Waals surface area contributed by atoms with Gasteiger partial charge in [-0.15, -0.1) is 10.2 Å². The molecule has 0 unspecified atom stereocenters. The molecule has 14 nitrogen and oxygen atoms in total. The van der Waals surface area contributed by atoms with Crippen LogP contribution in [0.25, 0.3) is 28.0 Å². The van der Waals surface area contributed by atoms with Gasteiger partial charge in [-0.3, -0.25) is 9.78 Å². The summed E-state index contributed by atoms with van der Waals surface area (Å²) in [5, 5.41) is 12.0. The molecule has 7 rings (SSSR count). The fourth-order valence-electron chi connectivity index (χ4n) is 6.42. The van der Waals surface area contributed by atoms with Gasteiger partial charge in [-0.05, 0) is 37.8 Å². The van der Waals surface area contributed by atoms with Crippen LogP contribution in [-0.4, -0.2) is 84.4 Å². The van der Waals surface area contributed by atoms with E-state index in [4.69, 9.17) is 15.5 Å². The van der Waals surface area contributed by atoms with Crippen molar-refractivity contribution < 1.29 is 17.9 Å². The van der Waals surface area contributed by atoms with Crippen LogP contribution < -0.4 is 10.5 Å². The maximum Gasteiger partial charge on any atom is 0.292 e. The topological polar surface area (TPSA) is 187 Å². The molecule has 15 heteroatoms. The molecule has 5 aromatic heterocycles. The van der Waals surface area contributed by atoms with E-state index in [-0.39, 0.29) is 40.4 Å². The number of aromatic nitrogens is 8. The summed E-state index contributed by atoms with van der Waals surface area (Å²) < 4.78 is 32.7. The smallest absolute Gasteiger partial charge is 0.292 e. The molecule has 0 saturated carbocycles. The Hall–Kier alpha value is -4.92. The standard InChI is InChI=1S/C28H28N10O4S/c1-42-22-8-4-16(12-31-22)21-7-3-15(11-30-21)20-13-34-38-25(29)24(43(2,40)41)23(35-27(20)38)17-9-18-5-6-19(10-17)37(18)28(39)26-32-14-33-36-26/h3-4,7-8,11-14,17-19H,5-6,9-10,29H2,1-2H3,(H,32,33,36)/t17-,18+,19-. The summed E-state index contributed by atoms with van der Waals surface area (Å²) in [6, 6.07) is 7.26. The highest BCUT2D eigenvalue weighted by atomic mass is 32.2. The summed E-state index contributed by atoms with van der Waals surface area (Å²) in [6.45, 7) is 0. The lowest BCUT2D eigenvalue weighted by atomic mass is 9.87. The molecule has 2 aliphatic rings. The van der Waals surface area contributed by atoms with E-state index in [9.17, 15) is 13.2 Å². The Kier molecular flexibility index (Phi) is 6.34. The molecule has 43 heavy (non-hydrogen) atoms. The SMILES string of the molecule is COc1ccc(-c2ccc(-c3cnn4c(N)c(S(C)(=O)=O)c([C@H]5C[C@H]6CC[C@@H](C5)N6C(=O)c5nnc[nH]5)nc34)cn2)cn1. The number of carbonyl (C=O) groups is 1. The number of hydrogen-bond acceptors (Lipinski definition) is 11. The molecule has 220 valence electrons. The Bertz CT molecular complexity index is 1930. The lowest BCUT2D eigenvalue weighted by Crippen LogP contribution is -2.46. The maximum atomic E-state index is 13.2. The monoisotopic (exact) mass is 600 g/mol. The first kappa shape index (κ1) is 26.9. The second-order valence-electron chi connectivity index (χ2n) is 10.9. The number of methoxy groups -OCH3 is 1. The van der Waals surface area contributed by atoms with E-state index in [1.165, 1.54) is 10.8 Å². The van der Waals surface area contributed by atoms with Crippen molar-refractivity contribution in [1.82, 2.24) is 44.6 Å². The van der Waals surface area contributed by atoms with E-state index in [0.29, 0.717) is 35.6 Å². The van der Waals surface area contributed by atoms with E-state index in [1.807, 2.05) is 23.1 Å². The van der Waals surface area contributed by atoms with Crippen LogP contribution in [-0.2, 0) is 9.84 Å². The summed E-state index contributed by atoms with van der Waals surface area (Å²) in [6.07, 6.45) is 10.3. The van der Waals surface area contributed by atoms with Gasteiger partial charge in [0.05, 0.1) is 24.7 Å². The first-order chi connectivity index (χ1) is 20.7. The number of anilines is 1. The summed E-state index contributed by atoms with van der Waals surface area (Å²) >= 11 is 0. The number of hydrogen-bond donors (Lipinski definition) is 2. The molecule has 0 aromatic carbocycles. The number of amides is 1. The van der Waals surface area contributed by atoms with Gasteiger partial charge >= 0.3 is 0 Å². The minimum absolute atomic E-state index is 0.00940. The molecule has 7 heterocycles. The number of nitrogens with two attached hydrogens (primary N) is 1. The van der Waals surface area contributed by atoms with Crippen molar-refractivity contribution in [2.75, 3.05) is 19.1 Å². The molecule has 1 amide bonds. The third kappa shape index (κ3) is 4.56. The van der Waals surface area contributed by atoms with Crippen LogP contribution in [0.1, 0.15) is 47.9 Å². The predicted molar refractivity (Wildman–Crippen MR) is 155 cm³/mol. The number of rotatable bonds is 6. The lowest BCUT2D eigenvalue weighted by Gasteiger charge is -2.38. The molecular weight excluding hydrogens is 572 g/mol. The average Bonchev–Trinajstić information content (AvgIpc) is 3.75. The van der Waals surface area contributed by atoms with Crippen LogP contribution in [0, 0.1) is 0 Å². The third-order valence-corrected chi connectivity index (χ3v) is 9.48. The van der Waals surface area contributed by atoms with E-state index in [0.717, 1.165) is 35.9 Å². The number of sulfone groups is 1. The largest absolute Gasteiger partial charge is 0.481 e. The number of nitrogens with one attached hydrogen (secondary N) is 1. The Morgan fingerprint density at radius 3 is 2.40 bits per heavy atom. The second kappa shape index (κ2) is 10.1. The first-order valence-electron chi connectivity index (χ1n) is 13.8. The Balaban J connectivity index is 1.26. The van der Waals surface area contributed by atoms with Crippen LogP contribution in [0.15, 0.2) is 54.1 Å². The minimum Gasteiger partial charge on any atom is -0.481 e. The molecule has 3 N–H and O–H groups in total. The summed E-state index contributed by atoms with van der Waals surface area (Å²) in [4.78, 5) is 31.6. The Morgan fingerprint density at radius 2 is 1.79 bits per heavy atom. The number of piperidine rings is 1. The fraction of sp³-hybridized carbons (Fsp3) is 0.321. The van der Waals surface area contributed by atoms with Crippen LogP contribution in [0.4, 0.5) is 5.82 Å². The van der Waals surface area contributed by atoms with Crippen LogP contribution in [0.5, 0.6) is 5.88 Å². The first-order valence-corrected chi connectivity index (χ1v) is 15.6. The second-order valence-corrected chi connectivity index (χ2v) is 12.9. The predicted octanol–water partition coefficient (Wildman–Crippen LogP) is 2.52.